The highest BCUT2D eigenvalue weighted by molar-refractivity contribution is 6.04. The highest BCUT2D eigenvalue weighted by Crippen LogP contribution is 2.35. The lowest BCUT2D eigenvalue weighted by atomic mass is 10.0. The molecule has 1 atom stereocenters. The minimum Gasteiger partial charge on any atom is -0.354 e. The van der Waals surface area contributed by atoms with Gasteiger partial charge in [-0.15, -0.1) is 0 Å². The van der Waals surface area contributed by atoms with Crippen LogP contribution in [0.2, 0.25) is 0 Å². The normalized spacial score (nSPS) is 18.5. The number of aryl methyl sites for hydroxylation is 1. The number of hydrogen-bond acceptors (Lipinski definition) is 3. The van der Waals surface area contributed by atoms with Crippen molar-refractivity contribution >= 4 is 17.5 Å². The van der Waals surface area contributed by atoms with Crippen LogP contribution in [0.5, 0.6) is 0 Å². The fourth-order valence-corrected chi connectivity index (χ4v) is 3.84. The predicted molar refractivity (Wildman–Crippen MR) is 101 cm³/mol. The standard InChI is InChI=1S/C21H23N3O2/c1-14-5-7-15(8-6-14)13-22-20(25)16-9-10-17-18(12-16)23(2)19-4-3-11-24(19)21(17)26/h5-10,12,19H,3-4,11,13H2,1-2H3,(H,22,25)/t19-/m1/s1. The summed E-state index contributed by atoms with van der Waals surface area (Å²) >= 11 is 0. The Hall–Kier alpha value is -2.82. The molecule has 5 heteroatoms. The average Bonchev–Trinajstić information content (AvgIpc) is 3.15. The lowest BCUT2D eigenvalue weighted by Gasteiger charge is -2.40. The van der Waals surface area contributed by atoms with E-state index in [0.29, 0.717) is 17.7 Å². The summed E-state index contributed by atoms with van der Waals surface area (Å²) in [5.74, 6) is -0.0460. The van der Waals surface area contributed by atoms with Crippen molar-refractivity contribution in [3.63, 3.8) is 0 Å². The number of fused-ring (bicyclic) bond motifs is 2. The van der Waals surface area contributed by atoms with E-state index in [0.717, 1.165) is 30.6 Å². The maximum atomic E-state index is 12.7. The first-order valence-corrected chi connectivity index (χ1v) is 9.06. The van der Waals surface area contributed by atoms with E-state index in [1.54, 1.807) is 12.1 Å². The molecule has 2 amide bonds. The topological polar surface area (TPSA) is 52.7 Å². The molecule has 0 aliphatic carbocycles. The molecule has 1 saturated heterocycles. The summed E-state index contributed by atoms with van der Waals surface area (Å²) in [4.78, 5) is 29.3. The zero-order valence-corrected chi connectivity index (χ0v) is 15.2. The van der Waals surface area contributed by atoms with E-state index in [2.05, 4.69) is 10.2 Å². The number of hydrogen-bond donors (Lipinski definition) is 1. The van der Waals surface area contributed by atoms with E-state index >= 15 is 0 Å². The lowest BCUT2D eigenvalue weighted by Crippen LogP contribution is -2.50. The SMILES string of the molecule is Cc1ccc(CNC(=O)c2ccc3c(c2)N(C)[C@H]2CCCN2C3=O)cc1. The molecule has 26 heavy (non-hydrogen) atoms. The first-order chi connectivity index (χ1) is 12.5. The monoisotopic (exact) mass is 349 g/mol. The third kappa shape index (κ3) is 2.83. The number of nitrogens with zero attached hydrogens (tertiary/aromatic N) is 2. The minimum atomic E-state index is -0.122. The maximum Gasteiger partial charge on any atom is 0.257 e. The van der Waals surface area contributed by atoms with Crippen molar-refractivity contribution in [3.8, 4) is 0 Å². The number of nitrogens with one attached hydrogen (secondary N) is 1. The van der Waals surface area contributed by atoms with Gasteiger partial charge in [0.05, 0.1) is 11.3 Å². The zero-order chi connectivity index (χ0) is 18.3. The number of amides is 2. The number of carbonyl (C=O) groups excluding carboxylic acids is 2. The van der Waals surface area contributed by atoms with E-state index in [-0.39, 0.29) is 18.0 Å². The van der Waals surface area contributed by atoms with Crippen LogP contribution in [-0.2, 0) is 6.54 Å². The second kappa shape index (κ2) is 6.48. The van der Waals surface area contributed by atoms with Crippen LogP contribution in [0.1, 0.15) is 44.7 Å². The van der Waals surface area contributed by atoms with Gasteiger partial charge in [-0.3, -0.25) is 9.59 Å². The van der Waals surface area contributed by atoms with Gasteiger partial charge in [-0.1, -0.05) is 29.8 Å². The molecule has 2 aliphatic heterocycles. The Morgan fingerprint density at radius 1 is 1.19 bits per heavy atom. The number of rotatable bonds is 3. The van der Waals surface area contributed by atoms with Crippen LogP contribution in [0.4, 0.5) is 5.69 Å². The van der Waals surface area contributed by atoms with Gasteiger partial charge in [0.1, 0.15) is 6.17 Å². The van der Waals surface area contributed by atoms with Crippen LogP contribution < -0.4 is 10.2 Å². The van der Waals surface area contributed by atoms with E-state index in [1.807, 2.05) is 49.2 Å². The number of carbonyl (C=O) groups is 2. The molecule has 5 nitrogen and oxygen atoms in total. The molecule has 2 heterocycles. The molecular weight excluding hydrogens is 326 g/mol. The highest BCUT2D eigenvalue weighted by atomic mass is 16.2. The van der Waals surface area contributed by atoms with Gasteiger partial charge in [0.15, 0.2) is 0 Å². The summed E-state index contributed by atoms with van der Waals surface area (Å²) in [6, 6.07) is 13.5. The van der Waals surface area contributed by atoms with E-state index in [9.17, 15) is 9.59 Å². The summed E-state index contributed by atoms with van der Waals surface area (Å²) < 4.78 is 0. The van der Waals surface area contributed by atoms with Crippen molar-refractivity contribution in [1.29, 1.82) is 0 Å². The fraction of sp³-hybridized carbons (Fsp3) is 0.333. The molecule has 1 fully saturated rings. The molecule has 0 bridgehead atoms. The second-order valence-electron chi connectivity index (χ2n) is 7.13. The maximum absolute atomic E-state index is 12.7. The number of anilines is 1. The minimum absolute atomic E-state index is 0.0761. The average molecular weight is 349 g/mol. The molecule has 0 radical (unpaired) electrons. The Bertz CT molecular complexity index is 860. The summed E-state index contributed by atoms with van der Waals surface area (Å²) in [7, 11) is 2.00. The molecule has 2 aromatic carbocycles. The van der Waals surface area contributed by atoms with Gasteiger partial charge in [-0.2, -0.15) is 0 Å². The van der Waals surface area contributed by atoms with Crippen molar-refractivity contribution in [1.82, 2.24) is 10.2 Å². The molecule has 2 aliphatic rings. The Morgan fingerprint density at radius 3 is 2.73 bits per heavy atom. The molecule has 0 spiro atoms. The van der Waals surface area contributed by atoms with Crippen LogP contribution in [0, 0.1) is 6.92 Å². The van der Waals surface area contributed by atoms with Gasteiger partial charge in [0, 0.05) is 25.7 Å². The molecule has 2 aromatic rings. The first kappa shape index (κ1) is 16.6. The Labute approximate surface area is 153 Å². The lowest BCUT2D eigenvalue weighted by molar-refractivity contribution is 0.0719. The van der Waals surface area contributed by atoms with Gasteiger partial charge in [0.2, 0.25) is 0 Å². The van der Waals surface area contributed by atoms with E-state index in [1.165, 1.54) is 5.56 Å². The Balaban J connectivity index is 1.53. The van der Waals surface area contributed by atoms with Crippen molar-refractivity contribution < 1.29 is 9.59 Å². The smallest absolute Gasteiger partial charge is 0.257 e. The molecule has 1 N–H and O–H groups in total. The summed E-state index contributed by atoms with van der Waals surface area (Å²) in [6.07, 6.45) is 2.12. The molecule has 0 unspecified atom stereocenters. The van der Waals surface area contributed by atoms with Crippen molar-refractivity contribution in [3.05, 3.63) is 64.7 Å². The third-order valence-corrected chi connectivity index (χ3v) is 5.37. The Morgan fingerprint density at radius 2 is 1.96 bits per heavy atom. The summed E-state index contributed by atoms with van der Waals surface area (Å²) in [5, 5.41) is 2.96. The Kier molecular flexibility index (Phi) is 4.15. The second-order valence-corrected chi connectivity index (χ2v) is 7.13. The molecule has 0 saturated carbocycles. The molecule has 4 rings (SSSR count). The van der Waals surface area contributed by atoms with Crippen molar-refractivity contribution in [2.24, 2.45) is 0 Å². The largest absolute Gasteiger partial charge is 0.354 e. The van der Waals surface area contributed by atoms with E-state index < -0.39 is 0 Å². The van der Waals surface area contributed by atoms with Crippen LogP contribution in [0.25, 0.3) is 0 Å². The number of benzene rings is 2. The van der Waals surface area contributed by atoms with Gasteiger partial charge in [0.25, 0.3) is 11.8 Å². The quantitative estimate of drug-likeness (QED) is 0.927. The van der Waals surface area contributed by atoms with Crippen LogP contribution in [-0.4, -0.2) is 36.5 Å². The molecular formula is C21H23N3O2. The summed E-state index contributed by atoms with van der Waals surface area (Å²) in [5.41, 5.74) is 4.38. The summed E-state index contributed by atoms with van der Waals surface area (Å²) in [6.45, 7) is 3.34. The van der Waals surface area contributed by atoms with Gasteiger partial charge in [-0.25, -0.2) is 0 Å². The van der Waals surface area contributed by atoms with Gasteiger partial charge < -0.3 is 15.1 Å². The third-order valence-electron chi connectivity index (χ3n) is 5.37. The van der Waals surface area contributed by atoms with Crippen molar-refractivity contribution in [2.45, 2.75) is 32.5 Å². The zero-order valence-electron chi connectivity index (χ0n) is 15.2. The molecule has 0 aromatic heterocycles. The van der Waals surface area contributed by atoms with Crippen LogP contribution in [0.3, 0.4) is 0 Å². The van der Waals surface area contributed by atoms with E-state index in [4.69, 9.17) is 0 Å². The highest BCUT2D eigenvalue weighted by Gasteiger charge is 2.38. The fourth-order valence-electron chi connectivity index (χ4n) is 3.84. The van der Waals surface area contributed by atoms with Crippen LogP contribution >= 0.6 is 0 Å². The van der Waals surface area contributed by atoms with Crippen molar-refractivity contribution in [2.75, 3.05) is 18.5 Å². The molecule has 134 valence electrons. The van der Waals surface area contributed by atoms with Gasteiger partial charge >= 0.3 is 0 Å². The van der Waals surface area contributed by atoms with Gasteiger partial charge in [-0.05, 0) is 43.5 Å². The first-order valence-electron chi connectivity index (χ1n) is 9.06. The van der Waals surface area contributed by atoms with Crippen LogP contribution in [0.15, 0.2) is 42.5 Å². The predicted octanol–water partition coefficient (Wildman–Crippen LogP) is 2.94.